The van der Waals surface area contributed by atoms with Crippen LogP contribution in [-0.4, -0.2) is 46.1 Å². The lowest BCUT2D eigenvalue weighted by Gasteiger charge is -2.20. The summed E-state index contributed by atoms with van der Waals surface area (Å²) in [5, 5.41) is 6.69. The minimum Gasteiger partial charge on any atom is -0.355 e. The topological polar surface area (TPSA) is 67.2 Å². The predicted octanol–water partition coefficient (Wildman–Crippen LogP) is 2.80. The molecule has 0 fully saturated rings. The van der Waals surface area contributed by atoms with Crippen LogP contribution >= 0.6 is 0 Å². The number of halogens is 3. The number of hydrogen-bond acceptors (Lipinski definition) is 3. The van der Waals surface area contributed by atoms with E-state index >= 15 is 0 Å². The van der Waals surface area contributed by atoms with Gasteiger partial charge in [-0.25, -0.2) is 4.68 Å². The van der Waals surface area contributed by atoms with Crippen LogP contribution in [0.25, 0.3) is 5.69 Å². The van der Waals surface area contributed by atoms with Crippen LogP contribution in [0.15, 0.2) is 30.5 Å². The van der Waals surface area contributed by atoms with Crippen molar-refractivity contribution in [3.8, 4) is 5.69 Å². The Balaban J connectivity index is 2.31. The molecular weight excluding hydrogens is 361 g/mol. The Kier molecular flexibility index (Phi) is 6.24. The first kappa shape index (κ1) is 20.5. The number of rotatable bonds is 6. The van der Waals surface area contributed by atoms with Crippen molar-refractivity contribution in [2.24, 2.45) is 0 Å². The van der Waals surface area contributed by atoms with E-state index in [9.17, 15) is 22.8 Å². The molecule has 6 nitrogen and oxygen atoms in total. The van der Waals surface area contributed by atoms with E-state index in [0.29, 0.717) is 18.8 Å². The van der Waals surface area contributed by atoms with Crippen molar-refractivity contribution in [1.29, 1.82) is 0 Å². The summed E-state index contributed by atoms with van der Waals surface area (Å²) in [6.45, 7) is 5.78. The molecule has 1 aromatic carbocycles. The number of likely N-dealkylation sites (N-methyl/N-ethyl adjacent to an activating group) is 2. The van der Waals surface area contributed by atoms with Gasteiger partial charge in [0, 0.05) is 13.1 Å². The summed E-state index contributed by atoms with van der Waals surface area (Å²) in [5.41, 5.74) is 0.0366. The Hall–Kier alpha value is -2.84. The number of amides is 2. The fourth-order valence-corrected chi connectivity index (χ4v) is 2.62. The lowest BCUT2D eigenvalue weighted by molar-refractivity contribution is -0.137. The summed E-state index contributed by atoms with van der Waals surface area (Å²) in [4.78, 5) is 25.8. The molecule has 0 aliphatic carbocycles. The van der Waals surface area contributed by atoms with Gasteiger partial charge in [-0.3, -0.25) is 9.59 Å². The second-order valence-electron chi connectivity index (χ2n) is 5.88. The summed E-state index contributed by atoms with van der Waals surface area (Å²) < 4.78 is 40.1. The molecule has 1 aromatic heterocycles. The van der Waals surface area contributed by atoms with Gasteiger partial charge in [-0.1, -0.05) is 6.07 Å². The molecule has 9 heteroatoms. The normalized spacial score (nSPS) is 11.3. The van der Waals surface area contributed by atoms with Crippen LogP contribution in [0, 0.1) is 6.92 Å². The predicted molar refractivity (Wildman–Crippen MR) is 93.6 cm³/mol. The quantitative estimate of drug-likeness (QED) is 0.836. The molecule has 146 valence electrons. The zero-order valence-electron chi connectivity index (χ0n) is 15.3. The molecule has 0 radical (unpaired) electrons. The smallest absolute Gasteiger partial charge is 0.355 e. The van der Waals surface area contributed by atoms with Gasteiger partial charge in [0.05, 0.1) is 35.2 Å². The van der Waals surface area contributed by atoms with Gasteiger partial charge in [0.2, 0.25) is 5.91 Å². The number of hydrogen-bond donors (Lipinski definition) is 1. The van der Waals surface area contributed by atoms with E-state index < -0.39 is 17.6 Å². The molecule has 27 heavy (non-hydrogen) atoms. The molecule has 0 saturated heterocycles. The van der Waals surface area contributed by atoms with Gasteiger partial charge in [0.25, 0.3) is 5.91 Å². The van der Waals surface area contributed by atoms with Crippen molar-refractivity contribution in [2.75, 3.05) is 19.6 Å². The number of nitrogens with one attached hydrogen (secondary N) is 1. The molecule has 0 saturated carbocycles. The van der Waals surface area contributed by atoms with Crippen LogP contribution in [0.2, 0.25) is 0 Å². The second-order valence-corrected chi connectivity index (χ2v) is 5.88. The summed E-state index contributed by atoms with van der Waals surface area (Å²) in [5.74, 6) is -0.685. The number of carbonyl (C=O) groups is 2. The van der Waals surface area contributed by atoms with Crippen molar-refractivity contribution in [3.05, 3.63) is 47.3 Å². The van der Waals surface area contributed by atoms with Gasteiger partial charge in [0.15, 0.2) is 0 Å². The molecule has 0 aliphatic rings. The highest BCUT2D eigenvalue weighted by molar-refractivity contribution is 5.97. The Labute approximate surface area is 155 Å². The van der Waals surface area contributed by atoms with Crippen molar-refractivity contribution in [3.63, 3.8) is 0 Å². The maximum atomic E-state index is 12.9. The number of carbonyl (C=O) groups excluding carboxylic acids is 2. The minimum atomic E-state index is -4.47. The summed E-state index contributed by atoms with van der Waals surface area (Å²) in [7, 11) is 0. The molecule has 1 heterocycles. The SMILES string of the molecule is CCNC(=O)CN(CC)C(=O)c1cnn(-c2cccc(C(F)(F)F)c2)c1C. The first-order chi connectivity index (χ1) is 12.7. The van der Waals surface area contributed by atoms with Gasteiger partial charge in [-0.05, 0) is 39.0 Å². The summed E-state index contributed by atoms with van der Waals surface area (Å²) in [6, 6.07) is 4.71. The van der Waals surface area contributed by atoms with Crippen LogP contribution in [0.4, 0.5) is 13.2 Å². The number of aromatic nitrogens is 2. The average molecular weight is 382 g/mol. The zero-order chi connectivity index (χ0) is 20.2. The highest BCUT2D eigenvalue weighted by Crippen LogP contribution is 2.30. The van der Waals surface area contributed by atoms with E-state index in [-0.39, 0.29) is 23.7 Å². The van der Waals surface area contributed by atoms with Crippen molar-refractivity contribution < 1.29 is 22.8 Å². The van der Waals surface area contributed by atoms with Crippen LogP contribution in [0.3, 0.4) is 0 Å². The molecular formula is C18H21F3N4O2. The van der Waals surface area contributed by atoms with Crippen LogP contribution in [0.5, 0.6) is 0 Å². The number of nitrogens with zero attached hydrogens (tertiary/aromatic N) is 3. The van der Waals surface area contributed by atoms with E-state index in [2.05, 4.69) is 10.4 Å². The molecule has 0 atom stereocenters. The van der Waals surface area contributed by atoms with Crippen LogP contribution in [-0.2, 0) is 11.0 Å². The molecule has 0 bridgehead atoms. The van der Waals surface area contributed by atoms with E-state index in [0.717, 1.165) is 12.1 Å². The van der Waals surface area contributed by atoms with Crippen LogP contribution < -0.4 is 5.32 Å². The third-order valence-electron chi connectivity index (χ3n) is 4.04. The first-order valence-electron chi connectivity index (χ1n) is 8.47. The molecule has 2 aromatic rings. The Bertz CT molecular complexity index is 830. The lowest BCUT2D eigenvalue weighted by atomic mass is 10.2. The summed E-state index contributed by atoms with van der Waals surface area (Å²) in [6.07, 6.45) is -3.17. The summed E-state index contributed by atoms with van der Waals surface area (Å²) >= 11 is 0. The van der Waals surface area contributed by atoms with Gasteiger partial charge >= 0.3 is 6.18 Å². The fraction of sp³-hybridized carbons (Fsp3) is 0.389. The van der Waals surface area contributed by atoms with E-state index in [1.54, 1.807) is 20.8 Å². The number of alkyl halides is 3. The molecule has 0 aliphatic heterocycles. The molecule has 1 N–H and O–H groups in total. The standard InChI is InChI=1S/C18H21F3N4O2/c1-4-22-16(26)11-24(5-2)17(27)15-10-23-25(12(15)3)14-8-6-7-13(9-14)18(19,20)21/h6-10H,4-5,11H2,1-3H3,(H,22,26). The highest BCUT2D eigenvalue weighted by Gasteiger charge is 2.31. The third-order valence-corrected chi connectivity index (χ3v) is 4.04. The second kappa shape index (κ2) is 8.24. The first-order valence-corrected chi connectivity index (χ1v) is 8.47. The van der Waals surface area contributed by atoms with Gasteiger partial charge < -0.3 is 10.2 Å². The van der Waals surface area contributed by atoms with Crippen molar-refractivity contribution in [2.45, 2.75) is 26.9 Å². The van der Waals surface area contributed by atoms with E-state index in [1.165, 1.54) is 27.9 Å². The molecule has 2 amide bonds. The molecule has 0 unspecified atom stereocenters. The Morgan fingerprint density at radius 2 is 1.96 bits per heavy atom. The average Bonchev–Trinajstić information content (AvgIpc) is 3.00. The fourth-order valence-electron chi connectivity index (χ4n) is 2.62. The van der Waals surface area contributed by atoms with Gasteiger partial charge in [-0.2, -0.15) is 18.3 Å². The zero-order valence-corrected chi connectivity index (χ0v) is 15.3. The third kappa shape index (κ3) is 4.66. The van der Waals surface area contributed by atoms with E-state index in [4.69, 9.17) is 0 Å². The highest BCUT2D eigenvalue weighted by atomic mass is 19.4. The lowest BCUT2D eigenvalue weighted by Crippen LogP contribution is -2.40. The number of benzene rings is 1. The van der Waals surface area contributed by atoms with Gasteiger partial charge in [0.1, 0.15) is 0 Å². The molecule has 0 spiro atoms. The maximum Gasteiger partial charge on any atom is 0.416 e. The Morgan fingerprint density at radius 3 is 2.56 bits per heavy atom. The largest absolute Gasteiger partial charge is 0.416 e. The molecule has 2 rings (SSSR count). The Morgan fingerprint density at radius 1 is 1.26 bits per heavy atom. The van der Waals surface area contributed by atoms with Crippen molar-refractivity contribution >= 4 is 11.8 Å². The van der Waals surface area contributed by atoms with Crippen molar-refractivity contribution in [1.82, 2.24) is 20.0 Å². The van der Waals surface area contributed by atoms with E-state index in [1.807, 2.05) is 0 Å². The van der Waals surface area contributed by atoms with Crippen LogP contribution in [0.1, 0.15) is 35.5 Å². The maximum absolute atomic E-state index is 12.9. The van der Waals surface area contributed by atoms with Gasteiger partial charge in [-0.15, -0.1) is 0 Å². The minimum absolute atomic E-state index is 0.0998. The monoisotopic (exact) mass is 382 g/mol.